The number of hydrogen-bond acceptors (Lipinski definition) is 7. The van der Waals surface area contributed by atoms with E-state index < -0.39 is 23.0 Å². The summed E-state index contributed by atoms with van der Waals surface area (Å²) < 4.78 is 43.5. The van der Waals surface area contributed by atoms with Crippen molar-refractivity contribution in [1.29, 1.82) is 0 Å². The first-order chi connectivity index (χ1) is 13.3. The molecule has 0 bridgehead atoms. The maximum absolute atomic E-state index is 12.6. The molecule has 0 saturated carbocycles. The molecule has 2 N–H and O–H groups in total. The lowest BCUT2D eigenvalue weighted by atomic mass is 10.2. The molecule has 0 radical (unpaired) electrons. The van der Waals surface area contributed by atoms with Gasteiger partial charge in [-0.15, -0.1) is 0 Å². The maximum Gasteiger partial charge on any atom is 0.433 e. The SMILES string of the molecule is O=C1NC(=O)/C(=C\c2cc3cncc(Nc4ccc(C(F)(F)F)nc4)c3o2)S1. The molecule has 4 heterocycles. The van der Waals surface area contributed by atoms with Gasteiger partial charge >= 0.3 is 6.18 Å². The van der Waals surface area contributed by atoms with E-state index in [0.29, 0.717) is 28.1 Å². The van der Waals surface area contributed by atoms with E-state index in [0.717, 1.165) is 24.0 Å². The highest BCUT2D eigenvalue weighted by Crippen LogP contribution is 2.32. The zero-order valence-corrected chi connectivity index (χ0v) is 14.5. The Hall–Kier alpha value is -3.34. The van der Waals surface area contributed by atoms with Gasteiger partial charge in [-0.25, -0.2) is 4.98 Å². The smallest absolute Gasteiger partial charge is 0.433 e. The number of aromatic nitrogens is 2. The van der Waals surface area contributed by atoms with Gasteiger partial charge in [0.15, 0.2) is 5.58 Å². The largest absolute Gasteiger partial charge is 0.454 e. The zero-order chi connectivity index (χ0) is 19.9. The molecule has 1 aliphatic rings. The lowest BCUT2D eigenvalue weighted by Gasteiger charge is -2.08. The molecular formula is C17H9F3N4O3S. The van der Waals surface area contributed by atoms with Crippen LogP contribution in [0.4, 0.5) is 29.3 Å². The molecular weight excluding hydrogens is 397 g/mol. The Bertz CT molecular complexity index is 1120. The first-order valence-electron chi connectivity index (χ1n) is 7.72. The summed E-state index contributed by atoms with van der Waals surface area (Å²) >= 11 is 0.759. The van der Waals surface area contributed by atoms with Crippen molar-refractivity contribution >= 4 is 51.3 Å². The van der Waals surface area contributed by atoms with Gasteiger partial charge in [0.1, 0.15) is 17.1 Å². The number of pyridine rings is 2. The van der Waals surface area contributed by atoms with Gasteiger partial charge in [-0.05, 0) is 30.0 Å². The number of furan rings is 1. The fourth-order valence-corrected chi connectivity index (χ4v) is 3.15. The molecule has 0 aliphatic carbocycles. The summed E-state index contributed by atoms with van der Waals surface area (Å²) in [6.07, 6.45) is 0.938. The Kier molecular flexibility index (Phi) is 4.30. The Morgan fingerprint density at radius 1 is 1.18 bits per heavy atom. The number of rotatable bonds is 3. The molecule has 0 spiro atoms. The highest BCUT2D eigenvalue weighted by atomic mass is 32.2. The second-order valence-corrected chi connectivity index (χ2v) is 6.68. The summed E-state index contributed by atoms with van der Waals surface area (Å²) in [5.41, 5.74) is 0.109. The van der Waals surface area contributed by atoms with Gasteiger partial charge in [-0.3, -0.25) is 19.9 Å². The van der Waals surface area contributed by atoms with Crippen molar-refractivity contribution in [2.75, 3.05) is 5.32 Å². The predicted molar refractivity (Wildman–Crippen MR) is 95.6 cm³/mol. The summed E-state index contributed by atoms with van der Waals surface area (Å²) in [5.74, 6) is -0.188. The van der Waals surface area contributed by atoms with Crippen LogP contribution in [0.1, 0.15) is 11.5 Å². The van der Waals surface area contributed by atoms with E-state index in [1.54, 1.807) is 6.07 Å². The van der Waals surface area contributed by atoms with Crippen molar-refractivity contribution in [1.82, 2.24) is 15.3 Å². The first-order valence-corrected chi connectivity index (χ1v) is 8.54. The van der Waals surface area contributed by atoms with Crippen LogP contribution in [0.15, 0.2) is 46.1 Å². The number of carbonyl (C=O) groups is 2. The van der Waals surface area contributed by atoms with Crippen molar-refractivity contribution in [3.8, 4) is 0 Å². The Morgan fingerprint density at radius 3 is 2.64 bits per heavy atom. The number of nitrogens with one attached hydrogen (secondary N) is 2. The third kappa shape index (κ3) is 3.56. The fraction of sp³-hybridized carbons (Fsp3) is 0.0588. The van der Waals surface area contributed by atoms with E-state index in [9.17, 15) is 22.8 Å². The zero-order valence-electron chi connectivity index (χ0n) is 13.7. The number of nitrogens with zero attached hydrogens (tertiary/aromatic N) is 2. The number of fused-ring (bicyclic) bond motifs is 1. The molecule has 7 nitrogen and oxygen atoms in total. The van der Waals surface area contributed by atoms with Crippen LogP contribution in [-0.2, 0) is 11.0 Å². The van der Waals surface area contributed by atoms with E-state index in [1.165, 1.54) is 24.5 Å². The molecule has 4 rings (SSSR count). The van der Waals surface area contributed by atoms with Crippen LogP contribution in [0, 0.1) is 0 Å². The molecule has 1 fully saturated rings. The second kappa shape index (κ2) is 6.68. The minimum Gasteiger partial charge on any atom is -0.454 e. The summed E-state index contributed by atoms with van der Waals surface area (Å²) in [4.78, 5) is 30.5. The average molecular weight is 406 g/mol. The average Bonchev–Trinajstić information content (AvgIpc) is 3.18. The van der Waals surface area contributed by atoms with E-state index in [1.807, 2.05) is 0 Å². The van der Waals surface area contributed by atoms with E-state index >= 15 is 0 Å². The second-order valence-electron chi connectivity index (χ2n) is 5.66. The molecule has 28 heavy (non-hydrogen) atoms. The Labute approximate surface area is 159 Å². The van der Waals surface area contributed by atoms with E-state index in [-0.39, 0.29) is 4.91 Å². The maximum atomic E-state index is 12.6. The Morgan fingerprint density at radius 2 is 2.00 bits per heavy atom. The van der Waals surface area contributed by atoms with Crippen LogP contribution in [-0.4, -0.2) is 21.1 Å². The molecule has 0 aromatic carbocycles. The highest BCUT2D eigenvalue weighted by molar-refractivity contribution is 8.18. The molecule has 2 amide bonds. The molecule has 0 atom stereocenters. The highest BCUT2D eigenvalue weighted by Gasteiger charge is 2.32. The van der Waals surface area contributed by atoms with Gasteiger partial charge < -0.3 is 9.73 Å². The molecule has 1 aliphatic heterocycles. The van der Waals surface area contributed by atoms with Gasteiger partial charge in [-0.2, -0.15) is 13.2 Å². The van der Waals surface area contributed by atoms with Crippen molar-refractivity contribution in [3.05, 3.63) is 53.1 Å². The van der Waals surface area contributed by atoms with Crippen LogP contribution in [0.3, 0.4) is 0 Å². The van der Waals surface area contributed by atoms with E-state index in [2.05, 4.69) is 20.6 Å². The summed E-state index contributed by atoms with van der Waals surface area (Å²) in [7, 11) is 0. The minimum atomic E-state index is -4.52. The number of amides is 2. The summed E-state index contributed by atoms with van der Waals surface area (Å²) in [5, 5.41) is 5.18. The van der Waals surface area contributed by atoms with E-state index in [4.69, 9.17) is 4.42 Å². The van der Waals surface area contributed by atoms with Gasteiger partial charge in [0.2, 0.25) is 0 Å². The van der Waals surface area contributed by atoms with Crippen molar-refractivity contribution in [2.24, 2.45) is 0 Å². The first kappa shape index (κ1) is 18.0. The molecule has 142 valence electrons. The third-order valence-corrected chi connectivity index (χ3v) is 4.50. The Balaban J connectivity index is 1.63. The monoisotopic (exact) mass is 406 g/mol. The lowest BCUT2D eigenvalue weighted by Crippen LogP contribution is -2.17. The minimum absolute atomic E-state index is 0.193. The molecule has 0 unspecified atom stereocenters. The number of carbonyl (C=O) groups excluding carboxylic acids is 2. The lowest BCUT2D eigenvalue weighted by molar-refractivity contribution is -0.141. The van der Waals surface area contributed by atoms with Crippen molar-refractivity contribution in [2.45, 2.75) is 6.18 Å². The van der Waals surface area contributed by atoms with Crippen LogP contribution in [0.25, 0.3) is 17.0 Å². The quantitative estimate of drug-likeness (QED) is 0.626. The third-order valence-electron chi connectivity index (χ3n) is 3.69. The summed E-state index contributed by atoms with van der Waals surface area (Å²) in [6.45, 7) is 0. The normalized spacial score (nSPS) is 16.0. The van der Waals surface area contributed by atoms with Gasteiger partial charge in [0.25, 0.3) is 11.1 Å². The summed E-state index contributed by atoms with van der Waals surface area (Å²) in [6, 6.07) is 3.73. The van der Waals surface area contributed by atoms with Crippen LogP contribution >= 0.6 is 11.8 Å². The molecule has 3 aromatic heterocycles. The topological polar surface area (TPSA) is 97.1 Å². The van der Waals surface area contributed by atoms with Gasteiger partial charge in [0, 0.05) is 17.7 Å². The predicted octanol–water partition coefficient (Wildman–Crippen LogP) is 4.31. The number of hydrogen-bond donors (Lipinski definition) is 2. The van der Waals surface area contributed by atoms with Gasteiger partial charge in [0.05, 0.1) is 23.0 Å². The number of halogens is 3. The van der Waals surface area contributed by atoms with Crippen molar-refractivity contribution in [3.63, 3.8) is 0 Å². The standard InChI is InChI=1S/C17H9F3N4O3S/c18-17(19,20)13-2-1-9(6-22-13)23-11-7-21-5-8-3-10(27-14(8)11)4-12-15(25)24-16(26)28-12/h1-7,23H,(H,24,25,26)/b12-4+. The van der Waals surface area contributed by atoms with Gasteiger partial charge in [-0.1, -0.05) is 0 Å². The molecule has 11 heteroatoms. The number of thioether (sulfide) groups is 1. The molecule has 3 aromatic rings. The molecule has 1 saturated heterocycles. The fourth-order valence-electron chi connectivity index (χ4n) is 2.48. The van der Waals surface area contributed by atoms with Crippen LogP contribution in [0.2, 0.25) is 0 Å². The number of imide groups is 1. The van der Waals surface area contributed by atoms with Crippen molar-refractivity contribution < 1.29 is 27.2 Å². The van der Waals surface area contributed by atoms with Crippen LogP contribution in [0.5, 0.6) is 0 Å². The number of anilines is 2. The number of alkyl halides is 3. The van der Waals surface area contributed by atoms with Crippen LogP contribution < -0.4 is 10.6 Å².